The number of carbonyl (C=O) groups is 1. The third-order valence-corrected chi connectivity index (χ3v) is 5.37. The number of Topliss-reactive ketones (excluding diaryl/α,β-unsaturated/α-hetero) is 1. The largest absolute Gasteiger partial charge is 0.497 e. The molecule has 2 aromatic carbocycles. The molecule has 0 fully saturated rings. The standard InChI is InChI=1S/C22H24FN3O3S/c1-14(2)26-21(15(3)29-19-7-5-6-18(12-19)28-4)24-25-22(26)30-13-20(27)16-8-10-17(23)11-9-16/h5-12,14-15H,13H2,1-4H3. The lowest BCUT2D eigenvalue weighted by atomic mass is 10.1. The summed E-state index contributed by atoms with van der Waals surface area (Å²) in [6.07, 6.45) is -0.353. The summed E-state index contributed by atoms with van der Waals surface area (Å²) in [5.41, 5.74) is 0.467. The molecule has 1 heterocycles. The highest BCUT2D eigenvalue weighted by molar-refractivity contribution is 7.99. The molecule has 0 saturated heterocycles. The highest BCUT2D eigenvalue weighted by Gasteiger charge is 2.22. The minimum absolute atomic E-state index is 0.0785. The van der Waals surface area contributed by atoms with Gasteiger partial charge in [-0.2, -0.15) is 0 Å². The van der Waals surface area contributed by atoms with Gasteiger partial charge in [-0.3, -0.25) is 4.79 Å². The molecule has 1 unspecified atom stereocenters. The fourth-order valence-corrected chi connectivity index (χ4v) is 3.90. The van der Waals surface area contributed by atoms with Crippen LogP contribution in [0.2, 0.25) is 0 Å². The first-order valence-corrected chi connectivity index (χ1v) is 10.5. The summed E-state index contributed by atoms with van der Waals surface area (Å²) in [5.74, 6) is 1.77. The smallest absolute Gasteiger partial charge is 0.192 e. The predicted octanol–water partition coefficient (Wildman–Crippen LogP) is 5.12. The molecular formula is C22H24FN3O3S. The average molecular weight is 430 g/mol. The van der Waals surface area contributed by atoms with E-state index in [0.29, 0.717) is 28.0 Å². The molecule has 0 N–H and O–H groups in total. The molecule has 6 nitrogen and oxygen atoms in total. The van der Waals surface area contributed by atoms with Gasteiger partial charge < -0.3 is 14.0 Å². The molecule has 3 rings (SSSR count). The summed E-state index contributed by atoms with van der Waals surface area (Å²) in [6, 6.07) is 13.0. The number of nitrogens with zero attached hydrogens (tertiary/aromatic N) is 3. The van der Waals surface area contributed by atoms with Crippen LogP contribution < -0.4 is 9.47 Å². The molecule has 0 aliphatic rings. The zero-order valence-electron chi connectivity index (χ0n) is 17.3. The van der Waals surface area contributed by atoms with E-state index >= 15 is 0 Å². The third kappa shape index (κ3) is 5.18. The van der Waals surface area contributed by atoms with Crippen molar-refractivity contribution in [3.05, 3.63) is 65.7 Å². The van der Waals surface area contributed by atoms with Crippen LogP contribution in [0.5, 0.6) is 11.5 Å². The zero-order chi connectivity index (χ0) is 21.7. The third-order valence-electron chi connectivity index (χ3n) is 4.42. The molecule has 1 aromatic heterocycles. The maximum atomic E-state index is 13.1. The van der Waals surface area contributed by atoms with Gasteiger partial charge in [-0.15, -0.1) is 10.2 Å². The number of thioether (sulfide) groups is 1. The van der Waals surface area contributed by atoms with Gasteiger partial charge in [0.25, 0.3) is 0 Å². The highest BCUT2D eigenvalue weighted by atomic mass is 32.2. The van der Waals surface area contributed by atoms with E-state index in [-0.39, 0.29) is 29.5 Å². The van der Waals surface area contributed by atoms with Gasteiger partial charge in [-0.25, -0.2) is 4.39 Å². The molecule has 3 aromatic rings. The molecule has 0 saturated carbocycles. The quantitative estimate of drug-likeness (QED) is 0.347. The topological polar surface area (TPSA) is 66.2 Å². The number of carbonyl (C=O) groups excluding carboxylic acids is 1. The summed E-state index contributed by atoms with van der Waals surface area (Å²) in [4.78, 5) is 12.4. The first-order valence-electron chi connectivity index (χ1n) is 9.56. The van der Waals surface area contributed by atoms with E-state index in [4.69, 9.17) is 9.47 Å². The molecule has 0 aliphatic carbocycles. The number of hydrogen-bond acceptors (Lipinski definition) is 6. The number of benzene rings is 2. The molecule has 0 amide bonds. The summed E-state index contributed by atoms with van der Waals surface area (Å²) in [6.45, 7) is 5.95. The molecule has 0 aliphatic heterocycles. The van der Waals surface area contributed by atoms with Gasteiger partial charge in [0.15, 0.2) is 22.9 Å². The minimum Gasteiger partial charge on any atom is -0.497 e. The Balaban J connectivity index is 1.74. The van der Waals surface area contributed by atoms with E-state index < -0.39 is 0 Å². The summed E-state index contributed by atoms with van der Waals surface area (Å²) in [5, 5.41) is 9.22. The second kappa shape index (κ2) is 9.75. The maximum absolute atomic E-state index is 13.1. The van der Waals surface area contributed by atoms with Crippen LogP contribution in [-0.4, -0.2) is 33.4 Å². The minimum atomic E-state index is -0.367. The van der Waals surface area contributed by atoms with Crippen LogP contribution in [-0.2, 0) is 0 Å². The van der Waals surface area contributed by atoms with Crippen molar-refractivity contribution in [3.8, 4) is 11.5 Å². The fraction of sp³-hybridized carbons (Fsp3) is 0.318. The van der Waals surface area contributed by atoms with Crippen LogP contribution in [0.25, 0.3) is 0 Å². The second-order valence-corrected chi connectivity index (χ2v) is 7.90. The van der Waals surface area contributed by atoms with E-state index in [9.17, 15) is 9.18 Å². The van der Waals surface area contributed by atoms with Crippen LogP contribution in [0, 0.1) is 5.82 Å². The van der Waals surface area contributed by atoms with Gasteiger partial charge in [0.1, 0.15) is 17.3 Å². The van der Waals surface area contributed by atoms with E-state index in [0.717, 1.165) is 0 Å². The molecular weight excluding hydrogens is 405 g/mol. The number of hydrogen-bond donors (Lipinski definition) is 0. The summed E-state index contributed by atoms with van der Waals surface area (Å²) in [7, 11) is 1.61. The first kappa shape index (κ1) is 21.8. The fourth-order valence-electron chi connectivity index (χ4n) is 2.93. The number of halogens is 1. The number of rotatable bonds is 9. The van der Waals surface area contributed by atoms with Crippen molar-refractivity contribution in [2.24, 2.45) is 0 Å². The SMILES string of the molecule is COc1cccc(OC(C)c2nnc(SCC(=O)c3ccc(F)cc3)n2C(C)C)c1. The summed E-state index contributed by atoms with van der Waals surface area (Å²) < 4.78 is 26.3. The van der Waals surface area contributed by atoms with Gasteiger partial charge in [0.05, 0.1) is 12.9 Å². The van der Waals surface area contributed by atoms with Crippen molar-refractivity contribution in [1.29, 1.82) is 0 Å². The molecule has 1 atom stereocenters. The zero-order valence-corrected chi connectivity index (χ0v) is 18.1. The molecule has 0 spiro atoms. The Labute approximate surface area is 179 Å². The van der Waals surface area contributed by atoms with Gasteiger partial charge in [-0.1, -0.05) is 17.8 Å². The predicted molar refractivity (Wildman–Crippen MR) is 114 cm³/mol. The first-order chi connectivity index (χ1) is 14.4. The van der Waals surface area contributed by atoms with Gasteiger partial charge >= 0.3 is 0 Å². The molecule has 0 bridgehead atoms. The molecule has 8 heteroatoms. The Kier molecular flexibility index (Phi) is 7.10. The van der Waals surface area contributed by atoms with Crippen LogP contribution in [0.4, 0.5) is 4.39 Å². The number of methoxy groups -OCH3 is 1. The molecule has 158 valence electrons. The average Bonchev–Trinajstić information content (AvgIpc) is 3.17. The highest BCUT2D eigenvalue weighted by Crippen LogP contribution is 2.29. The van der Waals surface area contributed by atoms with E-state index in [1.54, 1.807) is 7.11 Å². The van der Waals surface area contributed by atoms with E-state index in [2.05, 4.69) is 10.2 Å². The van der Waals surface area contributed by atoms with Crippen LogP contribution in [0.1, 0.15) is 49.1 Å². The van der Waals surface area contributed by atoms with Crippen LogP contribution in [0.15, 0.2) is 53.7 Å². The van der Waals surface area contributed by atoms with Crippen molar-refractivity contribution in [1.82, 2.24) is 14.8 Å². The lowest BCUT2D eigenvalue weighted by molar-refractivity contribution is 0.102. The Morgan fingerprint density at radius 1 is 1.10 bits per heavy atom. The number of aromatic nitrogens is 3. The Morgan fingerprint density at radius 3 is 2.47 bits per heavy atom. The Hall–Kier alpha value is -2.87. The van der Waals surface area contributed by atoms with Gasteiger partial charge in [0.2, 0.25) is 0 Å². The Bertz CT molecular complexity index is 1010. The maximum Gasteiger partial charge on any atom is 0.192 e. The van der Waals surface area contributed by atoms with Crippen molar-refractivity contribution in [2.45, 2.75) is 38.1 Å². The summed E-state index contributed by atoms with van der Waals surface area (Å²) >= 11 is 1.30. The lowest BCUT2D eigenvalue weighted by Gasteiger charge is -2.19. The van der Waals surface area contributed by atoms with Crippen molar-refractivity contribution >= 4 is 17.5 Å². The lowest BCUT2D eigenvalue weighted by Crippen LogP contribution is -2.14. The van der Waals surface area contributed by atoms with Crippen molar-refractivity contribution in [2.75, 3.05) is 12.9 Å². The van der Waals surface area contributed by atoms with Crippen LogP contribution in [0.3, 0.4) is 0 Å². The molecule has 0 radical (unpaired) electrons. The van der Waals surface area contributed by atoms with Crippen molar-refractivity contribution < 1.29 is 18.7 Å². The molecule has 30 heavy (non-hydrogen) atoms. The van der Waals surface area contributed by atoms with Crippen LogP contribution >= 0.6 is 11.8 Å². The van der Waals surface area contributed by atoms with E-state index in [1.165, 1.54) is 36.0 Å². The normalized spacial score (nSPS) is 12.1. The Morgan fingerprint density at radius 2 is 1.80 bits per heavy atom. The number of ether oxygens (including phenoxy) is 2. The number of ketones is 1. The second-order valence-electron chi connectivity index (χ2n) is 6.96. The van der Waals surface area contributed by atoms with Crippen molar-refractivity contribution in [3.63, 3.8) is 0 Å². The monoisotopic (exact) mass is 429 g/mol. The van der Waals surface area contributed by atoms with Gasteiger partial charge in [-0.05, 0) is 57.2 Å². The van der Waals surface area contributed by atoms with E-state index in [1.807, 2.05) is 49.6 Å². The van der Waals surface area contributed by atoms with Gasteiger partial charge in [0, 0.05) is 17.7 Å².